The van der Waals surface area contributed by atoms with Crippen LogP contribution >= 0.6 is 0 Å². The number of ether oxygens (including phenoxy) is 2. The number of carbonyl (C=O) groups is 2. The Kier molecular flexibility index (Phi) is 5.90. The summed E-state index contributed by atoms with van der Waals surface area (Å²) in [5.74, 6) is 3.51. The van der Waals surface area contributed by atoms with Gasteiger partial charge in [0.1, 0.15) is 0 Å². The van der Waals surface area contributed by atoms with Gasteiger partial charge >= 0.3 is 11.9 Å². The van der Waals surface area contributed by atoms with E-state index in [2.05, 4.69) is 23.2 Å². The Hall–Kier alpha value is -2.54. The van der Waals surface area contributed by atoms with Gasteiger partial charge in [-0.2, -0.15) is 0 Å². The zero-order valence-electron chi connectivity index (χ0n) is 10.6. The number of esters is 2. The Balaban J connectivity index is 2.65. The van der Waals surface area contributed by atoms with E-state index in [0.29, 0.717) is 5.56 Å². The molecule has 0 amide bonds. The van der Waals surface area contributed by atoms with Crippen molar-refractivity contribution in [2.24, 2.45) is 0 Å². The molecule has 0 aliphatic rings. The Bertz CT molecular complexity index is 508. The van der Waals surface area contributed by atoms with Crippen LogP contribution in [0, 0.1) is 11.8 Å². The van der Waals surface area contributed by atoms with Gasteiger partial charge in [0, 0.05) is 5.92 Å². The third-order valence-electron chi connectivity index (χ3n) is 2.05. The van der Waals surface area contributed by atoms with Gasteiger partial charge in [0.05, 0.1) is 12.2 Å². The molecule has 0 aromatic heterocycles. The van der Waals surface area contributed by atoms with Gasteiger partial charge in [-0.3, -0.25) is 0 Å². The van der Waals surface area contributed by atoms with Gasteiger partial charge in [0.2, 0.25) is 0 Å². The molecule has 1 aromatic carbocycles. The van der Waals surface area contributed by atoms with E-state index in [1.54, 1.807) is 37.3 Å². The summed E-state index contributed by atoms with van der Waals surface area (Å²) in [6, 6.07) is 8.50. The van der Waals surface area contributed by atoms with Crippen molar-refractivity contribution in [3.63, 3.8) is 0 Å². The van der Waals surface area contributed by atoms with Crippen LogP contribution in [-0.4, -0.2) is 24.6 Å². The average Bonchev–Trinajstić information content (AvgIpc) is 2.44. The molecule has 1 atom stereocenters. The molecule has 1 aromatic rings. The lowest BCUT2D eigenvalue weighted by molar-refractivity contribution is -0.136. The molecule has 0 saturated heterocycles. The summed E-state index contributed by atoms with van der Waals surface area (Å²) >= 11 is 0. The fourth-order valence-corrected chi connectivity index (χ4v) is 1.19. The second-order valence-electron chi connectivity index (χ2n) is 3.42. The molecule has 19 heavy (non-hydrogen) atoms. The zero-order chi connectivity index (χ0) is 14.1. The molecule has 0 bridgehead atoms. The predicted molar refractivity (Wildman–Crippen MR) is 70.3 cm³/mol. The van der Waals surface area contributed by atoms with Crippen LogP contribution in [-0.2, 0) is 14.3 Å². The smallest absolute Gasteiger partial charge is 0.384 e. The molecular formula is C15H14O4. The molecular weight excluding hydrogens is 244 g/mol. The van der Waals surface area contributed by atoms with Gasteiger partial charge in [0.15, 0.2) is 6.10 Å². The number of benzene rings is 1. The highest BCUT2D eigenvalue weighted by molar-refractivity contribution is 5.90. The Morgan fingerprint density at radius 1 is 1.37 bits per heavy atom. The van der Waals surface area contributed by atoms with Crippen molar-refractivity contribution in [1.29, 1.82) is 0 Å². The first-order chi connectivity index (χ1) is 9.17. The van der Waals surface area contributed by atoms with Crippen LogP contribution in [0.1, 0.15) is 17.3 Å². The molecule has 1 unspecified atom stereocenters. The maximum atomic E-state index is 11.7. The van der Waals surface area contributed by atoms with Crippen LogP contribution in [0.2, 0.25) is 0 Å². The van der Waals surface area contributed by atoms with E-state index in [1.807, 2.05) is 0 Å². The molecule has 0 fully saturated rings. The van der Waals surface area contributed by atoms with E-state index >= 15 is 0 Å². The molecule has 0 heterocycles. The van der Waals surface area contributed by atoms with Crippen molar-refractivity contribution in [3.8, 4) is 11.8 Å². The van der Waals surface area contributed by atoms with Crippen molar-refractivity contribution in [2.75, 3.05) is 6.61 Å². The first kappa shape index (κ1) is 14.5. The van der Waals surface area contributed by atoms with E-state index in [9.17, 15) is 9.59 Å². The van der Waals surface area contributed by atoms with Crippen molar-refractivity contribution < 1.29 is 19.1 Å². The van der Waals surface area contributed by atoms with Gasteiger partial charge in [-0.05, 0) is 31.1 Å². The third kappa shape index (κ3) is 5.09. The van der Waals surface area contributed by atoms with Crippen LogP contribution in [0.15, 0.2) is 43.0 Å². The van der Waals surface area contributed by atoms with E-state index in [1.165, 1.54) is 6.08 Å². The van der Waals surface area contributed by atoms with E-state index in [4.69, 9.17) is 4.74 Å². The molecule has 1 rings (SSSR count). The molecule has 0 aliphatic carbocycles. The van der Waals surface area contributed by atoms with Crippen LogP contribution < -0.4 is 0 Å². The molecule has 4 heteroatoms. The lowest BCUT2D eigenvalue weighted by Gasteiger charge is -2.07. The molecule has 0 spiro atoms. The van der Waals surface area contributed by atoms with Crippen LogP contribution in [0.4, 0.5) is 0 Å². The van der Waals surface area contributed by atoms with Gasteiger partial charge in [-0.25, -0.2) is 9.59 Å². The van der Waals surface area contributed by atoms with E-state index < -0.39 is 18.0 Å². The summed E-state index contributed by atoms with van der Waals surface area (Å²) in [6.45, 7) is 5.43. The molecule has 0 aliphatic heterocycles. The van der Waals surface area contributed by atoms with Gasteiger partial charge in [-0.15, -0.1) is 0 Å². The largest absolute Gasteiger partial charge is 0.456 e. The number of rotatable bonds is 4. The Morgan fingerprint density at radius 2 is 2.05 bits per heavy atom. The van der Waals surface area contributed by atoms with Gasteiger partial charge in [-0.1, -0.05) is 24.8 Å². The minimum atomic E-state index is -0.850. The summed E-state index contributed by atoms with van der Waals surface area (Å²) in [5, 5.41) is 0. The summed E-state index contributed by atoms with van der Waals surface area (Å²) < 4.78 is 9.71. The quantitative estimate of drug-likeness (QED) is 0.358. The molecule has 0 radical (unpaired) electrons. The topological polar surface area (TPSA) is 52.6 Å². The SMILES string of the molecule is C=CC(C#CC(=O)OCC)OC(=O)c1ccccc1. The summed E-state index contributed by atoms with van der Waals surface area (Å²) in [7, 11) is 0. The van der Waals surface area contributed by atoms with E-state index in [0.717, 1.165) is 0 Å². The molecule has 98 valence electrons. The zero-order valence-corrected chi connectivity index (χ0v) is 10.6. The van der Waals surface area contributed by atoms with Crippen LogP contribution in [0.3, 0.4) is 0 Å². The average molecular weight is 258 g/mol. The van der Waals surface area contributed by atoms with Crippen LogP contribution in [0.25, 0.3) is 0 Å². The number of hydrogen-bond acceptors (Lipinski definition) is 4. The first-order valence-electron chi connectivity index (χ1n) is 5.74. The van der Waals surface area contributed by atoms with Crippen molar-refractivity contribution in [1.82, 2.24) is 0 Å². The summed E-state index contributed by atoms with van der Waals surface area (Å²) in [6.07, 6.45) is 0.490. The summed E-state index contributed by atoms with van der Waals surface area (Å²) in [5.41, 5.74) is 0.410. The number of hydrogen-bond donors (Lipinski definition) is 0. The number of carbonyl (C=O) groups excluding carboxylic acids is 2. The lowest BCUT2D eigenvalue weighted by atomic mass is 10.2. The van der Waals surface area contributed by atoms with E-state index in [-0.39, 0.29) is 6.61 Å². The normalized spacial score (nSPS) is 10.6. The molecule has 4 nitrogen and oxygen atoms in total. The Morgan fingerprint density at radius 3 is 2.63 bits per heavy atom. The fourth-order valence-electron chi connectivity index (χ4n) is 1.19. The molecule has 0 saturated carbocycles. The maximum absolute atomic E-state index is 11.7. The first-order valence-corrected chi connectivity index (χ1v) is 5.74. The monoisotopic (exact) mass is 258 g/mol. The van der Waals surface area contributed by atoms with Crippen LogP contribution in [0.5, 0.6) is 0 Å². The minimum Gasteiger partial charge on any atom is -0.456 e. The highest BCUT2D eigenvalue weighted by atomic mass is 16.5. The standard InChI is InChI=1S/C15H14O4/c1-3-13(10-11-14(16)18-4-2)19-15(17)12-8-6-5-7-9-12/h3,5-9,13H,1,4H2,2H3. The van der Waals surface area contributed by atoms with Gasteiger partial charge < -0.3 is 9.47 Å². The molecule has 0 N–H and O–H groups in total. The lowest BCUT2D eigenvalue weighted by Crippen LogP contribution is -2.14. The maximum Gasteiger partial charge on any atom is 0.384 e. The minimum absolute atomic E-state index is 0.246. The predicted octanol–water partition coefficient (Wildman–Crippen LogP) is 1.96. The fraction of sp³-hybridized carbons (Fsp3) is 0.200. The summed E-state index contributed by atoms with van der Waals surface area (Å²) in [4.78, 5) is 22.8. The van der Waals surface area contributed by atoms with Gasteiger partial charge in [0.25, 0.3) is 0 Å². The second-order valence-corrected chi connectivity index (χ2v) is 3.42. The Labute approximate surface area is 112 Å². The van der Waals surface area contributed by atoms with Crippen molar-refractivity contribution in [2.45, 2.75) is 13.0 Å². The highest BCUT2D eigenvalue weighted by Crippen LogP contribution is 2.04. The third-order valence-corrected chi connectivity index (χ3v) is 2.05. The van der Waals surface area contributed by atoms with Crippen molar-refractivity contribution >= 4 is 11.9 Å². The second kappa shape index (κ2) is 7.72. The highest BCUT2D eigenvalue weighted by Gasteiger charge is 2.10. The van der Waals surface area contributed by atoms with Crippen molar-refractivity contribution in [3.05, 3.63) is 48.6 Å².